The molecule has 218 valence electrons. The van der Waals surface area contributed by atoms with Crippen LogP contribution in [0.3, 0.4) is 0 Å². The molecule has 41 heavy (non-hydrogen) atoms. The normalized spacial score (nSPS) is 14.5. The van der Waals surface area contributed by atoms with Gasteiger partial charge < -0.3 is 15.1 Å². The van der Waals surface area contributed by atoms with Crippen molar-refractivity contribution in [3.63, 3.8) is 0 Å². The summed E-state index contributed by atoms with van der Waals surface area (Å²) in [6.07, 6.45) is 5.23. The SMILES string of the molecule is CC(=O)c1ccc(O)c(CC=C(C)C)c1.O=C(CCCN1CCC(O)(c2ccc(Cl)cc2)CC1)c1ccc(F)cc1. The Morgan fingerprint density at radius 2 is 1.56 bits per heavy atom. The maximum atomic E-state index is 12.9. The zero-order chi connectivity index (χ0) is 30.0. The van der Waals surface area contributed by atoms with E-state index in [1.54, 1.807) is 18.2 Å². The smallest absolute Gasteiger partial charge is 0.162 e. The lowest BCUT2D eigenvalue weighted by molar-refractivity contribution is -0.0260. The van der Waals surface area contributed by atoms with E-state index in [1.165, 1.54) is 36.8 Å². The van der Waals surface area contributed by atoms with Gasteiger partial charge in [0, 0.05) is 35.7 Å². The molecule has 3 aromatic rings. The monoisotopic (exact) mass is 579 g/mol. The highest BCUT2D eigenvalue weighted by Crippen LogP contribution is 2.33. The van der Waals surface area contributed by atoms with E-state index in [2.05, 4.69) is 4.90 Å². The predicted octanol–water partition coefficient (Wildman–Crippen LogP) is 7.53. The molecule has 0 atom stereocenters. The molecule has 4 rings (SSSR count). The van der Waals surface area contributed by atoms with Gasteiger partial charge in [0.15, 0.2) is 11.6 Å². The van der Waals surface area contributed by atoms with E-state index in [1.807, 2.05) is 44.2 Å². The molecule has 0 aliphatic carbocycles. The number of hydrogen-bond acceptors (Lipinski definition) is 5. The van der Waals surface area contributed by atoms with E-state index in [0.717, 1.165) is 37.2 Å². The number of aromatic hydroxyl groups is 1. The summed E-state index contributed by atoms with van der Waals surface area (Å²) in [5.74, 6) is -0.0198. The Balaban J connectivity index is 0.000000263. The number of halogens is 2. The number of nitrogens with zero attached hydrogens (tertiary/aromatic N) is 1. The lowest BCUT2D eigenvalue weighted by atomic mass is 9.84. The molecule has 0 aromatic heterocycles. The number of phenols is 1. The van der Waals surface area contributed by atoms with Crippen LogP contribution >= 0.6 is 11.6 Å². The molecule has 7 heteroatoms. The van der Waals surface area contributed by atoms with Crippen molar-refractivity contribution in [2.24, 2.45) is 0 Å². The number of aliphatic hydroxyl groups is 1. The van der Waals surface area contributed by atoms with Gasteiger partial charge in [0.05, 0.1) is 5.60 Å². The molecule has 0 bridgehead atoms. The maximum absolute atomic E-state index is 12.9. The first-order chi connectivity index (χ1) is 19.5. The van der Waals surface area contributed by atoms with E-state index in [0.29, 0.717) is 41.8 Å². The van der Waals surface area contributed by atoms with Crippen LogP contribution in [0.2, 0.25) is 5.02 Å². The summed E-state index contributed by atoms with van der Waals surface area (Å²) in [5, 5.41) is 21.1. The Morgan fingerprint density at radius 1 is 0.951 bits per heavy atom. The summed E-state index contributed by atoms with van der Waals surface area (Å²) in [5.41, 5.74) is 3.30. The number of hydrogen-bond donors (Lipinski definition) is 2. The maximum Gasteiger partial charge on any atom is 0.162 e. The molecular formula is C34H39ClFNO4. The average Bonchev–Trinajstić information content (AvgIpc) is 2.94. The Kier molecular flexibility index (Phi) is 11.8. The lowest BCUT2D eigenvalue weighted by Gasteiger charge is -2.38. The van der Waals surface area contributed by atoms with Crippen molar-refractivity contribution >= 4 is 23.2 Å². The quantitative estimate of drug-likeness (QED) is 0.202. The highest BCUT2D eigenvalue weighted by Gasteiger charge is 2.33. The fraction of sp³-hybridized carbons (Fsp3) is 0.353. The van der Waals surface area contributed by atoms with Crippen LogP contribution in [0.1, 0.15) is 78.3 Å². The number of ketones is 2. The highest BCUT2D eigenvalue weighted by atomic mass is 35.5. The van der Waals surface area contributed by atoms with Gasteiger partial charge in [-0.3, -0.25) is 9.59 Å². The fourth-order valence-electron chi connectivity index (χ4n) is 4.72. The predicted molar refractivity (Wildman–Crippen MR) is 162 cm³/mol. The molecule has 0 saturated carbocycles. The van der Waals surface area contributed by atoms with Crippen LogP contribution < -0.4 is 0 Å². The van der Waals surface area contributed by atoms with Gasteiger partial charge in [-0.25, -0.2) is 4.39 Å². The molecule has 3 aromatic carbocycles. The standard InChI is InChI=1S/C21H23ClFNO2.C13H16O2/c22-18-7-5-17(6-8-18)21(26)11-14-24(15-12-21)13-1-2-20(25)16-3-9-19(23)10-4-16;1-9(2)4-5-12-8-11(10(3)14)6-7-13(12)15/h3-10,26H,1-2,11-15H2;4,6-8,15H,5H2,1-3H3. The number of rotatable bonds is 9. The summed E-state index contributed by atoms with van der Waals surface area (Å²) < 4.78 is 12.9. The van der Waals surface area contributed by atoms with Crippen molar-refractivity contribution in [2.45, 2.75) is 58.5 Å². The number of carbonyl (C=O) groups is 2. The van der Waals surface area contributed by atoms with Crippen molar-refractivity contribution in [3.8, 4) is 5.75 Å². The van der Waals surface area contributed by atoms with Crippen LogP contribution in [0.5, 0.6) is 5.75 Å². The number of likely N-dealkylation sites (tertiary alicyclic amines) is 1. The minimum atomic E-state index is -0.801. The summed E-state index contributed by atoms with van der Waals surface area (Å²) >= 11 is 5.92. The fourth-order valence-corrected chi connectivity index (χ4v) is 4.85. The van der Waals surface area contributed by atoms with Crippen LogP contribution in [0.4, 0.5) is 4.39 Å². The topological polar surface area (TPSA) is 77.8 Å². The Morgan fingerprint density at radius 3 is 2.15 bits per heavy atom. The summed E-state index contributed by atoms with van der Waals surface area (Å²) in [4.78, 5) is 25.6. The van der Waals surface area contributed by atoms with Crippen LogP contribution in [-0.4, -0.2) is 46.3 Å². The van der Waals surface area contributed by atoms with Gasteiger partial charge in [-0.05, 0) is 119 Å². The average molecular weight is 580 g/mol. The number of piperidine rings is 1. The van der Waals surface area contributed by atoms with E-state index in [4.69, 9.17) is 11.6 Å². The third-order valence-corrected chi connectivity index (χ3v) is 7.58. The second-order valence-corrected chi connectivity index (χ2v) is 11.2. The molecule has 5 nitrogen and oxygen atoms in total. The van der Waals surface area contributed by atoms with Crippen molar-refractivity contribution in [1.29, 1.82) is 0 Å². The largest absolute Gasteiger partial charge is 0.508 e. The number of carbonyl (C=O) groups excluding carboxylic acids is 2. The lowest BCUT2D eigenvalue weighted by Crippen LogP contribution is -2.42. The zero-order valence-electron chi connectivity index (χ0n) is 24.0. The summed E-state index contributed by atoms with van der Waals surface area (Å²) in [6.45, 7) is 7.95. The molecule has 1 aliphatic rings. The highest BCUT2D eigenvalue weighted by molar-refractivity contribution is 6.30. The minimum Gasteiger partial charge on any atom is -0.508 e. The Hall–Kier alpha value is -3.32. The van der Waals surface area contributed by atoms with Gasteiger partial charge in [-0.1, -0.05) is 35.4 Å². The van der Waals surface area contributed by atoms with Gasteiger partial charge in [0.2, 0.25) is 0 Å². The molecule has 1 saturated heterocycles. The molecular weight excluding hydrogens is 541 g/mol. The van der Waals surface area contributed by atoms with Crippen LogP contribution in [-0.2, 0) is 12.0 Å². The van der Waals surface area contributed by atoms with E-state index >= 15 is 0 Å². The van der Waals surface area contributed by atoms with Gasteiger partial charge >= 0.3 is 0 Å². The Labute approximate surface area is 247 Å². The van der Waals surface area contributed by atoms with Crippen LogP contribution in [0.15, 0.2) is 78.4 Å². The molecule has 0 unspecified atom stereocenters. The third kappa shape index (κ3) is 9.92. The van der Waals surface area contributed by atoms with Gasteiger partial charge in [-0.2, -0.15) is 0 Å². The van der Waals surface area contributed by atoms with Crippen molar-refractivity contribution in [3.05, 3.63) is 111 Å². The first kappa shape index (κ1) is 32.2. The first-order valence-electron chi connectivity index (χ1n) is 13.9. The first-order valence-corrected chi connectivity index (χ1v) is 14.3. The third-order valence-electron chi connectivity index (χ3n) is 7.33. The molecule has 1 heterocycles. The molecule has 0 amide bonds. The second-order valence-electron chi connectivity index (χ2n) is 10.8. The molecule has 0 spiro atoms. The van der Waals surface area contributed by atoms with Crippen LogP contribution in [0.25, 0.3) is 0 Å². The number of phenolic OH excluding ortho intramolecular Hbond substituents is 1. The second kappa shape index (κ2) is 15.1. The van der Waals surface area contributed by atoms with Crippen LogP contribution in [0, 0.1) is 5.82 Å². The van der Waals surface area contributed by atoms with Crippen molar-refractivity contribution in [2.75, 3.05) is 19.6 Å². The number of Topliss-reactive ketones (excluding diaryl/α,β-unsaturated/α-hetero) is 2. The summed E-state index contributed by atoms with van der Waals surface area (Å²) in [7, 11) is 0. The molecule has 1 aliphatic heterocycles. The number of benzene rings is 3. The van der Waals surface area contributed by atoms with E-state index in [-0.39, 0.29) is 23.1 Å². The molecule has 1 fully saturated rings. The number of allylic oxidation sites excluding steroid dienone is 2. The van der Waals surface area contributed by atoms with E-state index in [9.17, 15) is 24.2 Å². The zero-order valence-corrected chi connectivity index (χ0v) is 24.8. The molecule has 2 N–H and O–H groups in total. The van der Waals surface area contributed by atoms with Gasteiger partial charge in [-0.15, -0.1) is 0 Å². The van der Waals surface area contributed by atoms with Gasteiger partial charge in [0.25, 0.3) is 0 Å². The van der Waals surface area contributed by atoms with Crippen molar-refractivity contribution < 1.29 is 24.2 Å². The minimum absolute atomic E-state index is 0.0217. The van der Waals surface area contributed by atoms with Crippen molar-refractivity contribution in [1.82, 2.24) is 4.90 Å². The summed E-state index contributed by atoms with van der Waals surface area (Å²) in [6, 6.07) is 18.1. The van der Waals surface area contributed by atoms with E-state index < -0.39 is 5.60 Å². The molecule has 0 radical (unpaired) electrons. The van der Waals surface area contributed by atoms with Gasteiger partial charge in [0.1, 0.15) is 11.6 Å². The Bertz CT molecular complexity index is 1340.